The predicted octanol–water partition coefficient (Wildman–Crippen LogP) is -0.206. The summed E-state index contributed by atoms with van der Waals surface area (Å²) in [4.78, 5) is 11.8. The summed E-state index contributed by atoms with van der Waals surface area (Å²) in [6.45, 7) is 0.465. The van der Waals surface area contributed by atoms with Crippen LogP contribution in [0.2, 0.25) is 0 Å². The van der Waals surface area contributed by atoms with Crippen LogP contribution in [-0.4, -0.2) is 33.1 Å². The first-order valence-corrected chi connectivity index (χ1v) is 5.03. The number of hydrogen-bond donors (Lipinski definition) is 3. The van der Waals surface area contributed by atoms with E-state index in [4.69, 9.17) is 10.9 Å². The Morgan fingerprint density at radius 2 is 2.53 bits per heavy atom. The van der Waals surface area contributed by atoms with Gasteiger partial charge in [0.25, 0.3) is 5.91 Å². The molecule has 1 aromatic rings. The fourth-order valence-electron chi connectivity index (χ4n) is 0.876. The molecule has 0 atom stereocenters. The van der Waals surface area contributed by atoms with Gasteiger partial charge < -0.3 is 16.3 Å². The number of aromatic nitrogens is 2. The molecule has 0 saturated carbocycles. The Labute approximate surface area is 90.1 Å². The molecule has 0 aromatic carbocycles. The topological polar surface area (TPSA) is 113 Å². The number of nitrogens with one attached hydrogen (secondary N) is 1. The summed E-state index contributed by atoms with van der Waals surface area (Å²) < 4.78 is 3.57. The number of carbonyl (C=O) groups is 1. The summed E-state index contributed by atoms with van der Waals surface area (Å²) in [5, 5.41) is 17.3. The van der Waals surface area contributed by atoms with E-state index in [9.17, 15) is 4.79 Å². The normalized spacial score (nSPS) is 11.3. The molecule has 82 valence electrons. The van der Waals surface area contributed by atoms with Gasteiger partial charge in [0.15, 0.2) is 0 Å². The number of nitrogens with zero attached hydrogens (tertiary/aromatic N) is 3. The largest absolute Gasteiger partial charge is 0.409 e. The highest BCUT2D eigenvalue weighted by Crippen LogP contribution is 2.00. The maximum atomic E-state index is 11.3. The van der Waals surface area contributed by atoms with Crippen LogP contribution in [0, 0.1) is 0 Å². The van der Waals surface area contributed by atoms with Crippen LogP contribution in [-0.2, 0) is 0 Å². The Kier molecular flexibility index (Phi) is 4.48. The molecule has 0 aliphatic rings. The minimum absolute atomic E-state index is 0.156. The molecule has 0 aliphatic heterocycles. The second kappa shape index (κ2) is 5.91. The summed E-state index contributed by atoms with van der Waals surface area (Å²) in [7, 11) is 0. The molecular formula is C7H11N5O2S. The van der Waals surface area contributed by atoms with Crippen molar-refractivity contribution in [3.63, 3.8) is 0 Å². The molecule has 0 fully saturated rings. The maximum absolute atomic E-state index is 11.3. The number of amides is 1. The number of hydrogen-bond acceptors (Lipinski definition) is 6. The molecule has 4 N–H and O–H groups in total. The first-order valence-electron chi connectivity index (χ1n) is 4.26. The van der Waals surface area contributed by atoms with Crippen molar-refractivity contribution in [1.29, 1.82) is 0 Å². The van der Waals surface area contributed by atoms with Gasteiger partial charge >= 0.3 is 0 Å². The second-order valence-corrected chi connectivity index (χ2v) is 3.52. The lowest BCUT2D eigenvalue weighted by Crippen LogP contribution is -2.24. The number of nitrogens with two attached hydrogens (primary N) is 1. The Balaban J connectivity index is 2.19. The number of oxime groups is 1. The van der Waals surface area contributed by atoms with E-state index in [0.29, 0.717) is 24.3 Å². The van der Waals surface area contributed by atoms with Crippen molar-refractivity contribution < 1.29 is 10.0 Å². The van der Waals surface area contributed by atoms with Crippen molar-refractivity contribution in [3.8, 4) is 0 Å². The lowest BCUT2D eigenvalue weighted by molar-refractivity contribution is 0.0957. The third-order valence-electron chi connectivity index (χ3n) is 1.61. The summed E-state index contributed by atoms with van der Waals surface area (Å²) in [5.74, 6) is -0.0479. The maximum Gasteiger partial charge on any atom is 0.264 e. The van der Waals surface area contributed by atoms with Gasteiger partial charge in [0, 0.05) is 13.0 Å². The Bertz CT molecular complexity index is 337. The molecule has 0 aliphatic carbocycles. The highest BCUT2D eigenvalue weighted by molar-refractivity contribution is 7.07. The second-order valence-electron chi connectivity index (χ2n) is 2.73. The summed E-state index contributed by atoms with van der Waals surface area (Å²) >= 11 is 1.04. The van der Waals surface area contributed by atoms with E-state index < -0.39 is 0 Å². The van der Waals surface area contributed by atoms with Crippen LogP contribution in [0.5, 0.6) is 0 Å². The molecule has 0 spiro atoms. The average molecular weight is 229 g/mol. The third-order valence-corrected chi connectivity index (χ3v) is 2.27. The summed E-state index contributed by atoms with van der Waals surface area (Å²) in [5.41, 5.74) is 5.25. The molecular weight excluding hydrogens is 218 g/mol. The first kappa shape index (κ1) is 11.4. The molecule has 0 bridgehead atoms. The average Bonchev–Trinajstić information content (AvgIpc) is 2.77. The molecule has 1 heterocycles. The molecule has 0 saturated heterocycles. The van der Waals surface area contributed by atoms with Crippen LogP contribution in [0.25, 0.3) is 0 Å². The Hall–Kier alpha value is -1.70. The molecule has 0 radical (unpaired) electrons. The Morgan fingerprint density at radius 1 is 1.73 bits per heavy atom. The molecule has 15 heavy (non-hydrogen) atoms. The van der Waals surface area contributed by atoms with E-state index in [2.05, 4.69) is 20.1 Å². The van der Waals surface area contributed by atoms with Gasteiger partial charge in [-0.25, -0.2) is 0 Å². The highest BCUT2D eigenvalue weighted by atomic mass is 32.1. The van der Waals surface area contributed by atoms with Crippen molar-refractivity contribution in [2.75, 3.05) is 6.54 Å². The van der Waals surface area contributed by atoms with Gasteiger partial charge in [0.05, 0.1) is 6.20 Å². The molecule has 7 nitrogen and oxygen atoms in total. The zero-order valence-electron chi connectivity index (χ0n) is 7.88. The van der Waals surface area contributed by atoms with E-state index in [1.54, 1.807) is 0 Å². The van der Waals surface area contributed by atoms with Crippen molar-refractivity contribution in [2.45, 2.75) is 12.8 Å². The summed E-state index contributed by atoms with van der Waals surface area (Å²) in [6, 6.07) is 0. The van der Waals surface area contributed by atoms with Gasteiger partial charge in [0.2, 0.25) is 0 Å². The van der Waals surface area contributed by atoms with Crippen LogP contribution in [0.15, 0.2) is 11.4 Å². The Morgan fingerprint density at radius 3 is 3.13 bits per heavy atom. The molecule has 1 aromatic heterocycles. The van der Waals surface area contributed by atoms with Gasteiger partial charge in [-0.2, -0.15) is 0 Å². The van der Waals surface area contributed by atoms with Gasteiger partial charge in [-0.05, 0) is 18.0 Å². The SMILES string of the molecule is NC(CCCNC(=O)c1cnns1)=NO. The minimum atomic E-state index is -0.204. The fourth-order valence-corrected chi connectivity index (χ4v) is 1.31. The van der Waals surface area contributed by atoms with Crippen LogP contribution in [0.3, 0.4) is 0 Å². The smallest absolute Gasteiger partial charge is 0.264 e. The third kappa shape index (κ3) is 3.90. The fraction of sp³-hybridized carbons (Fsp3) is 0.429. The summed E-state index contributed by atoms with van der Waals surface area (Å²) in [6.07, 6.45) is 2.47. The van der Waals surface area contributed by atoms with Crippen LogP contribution in [0.4, 0.5) is 0 Å². The number of carbonyl (C=O) groups excluding carboxylic acids is 1. The molecule has 1 rings (SSSR count). The predicted molar refractivity (Wildman–Crippen MR) is 54.9 cm³/mol. The van der Waals surface area contributed by atoms with Gasteiger partial charge in [-0.15, -0.1) is 5.10 Å². The monoisotopic (exact) mass is 229 g/mol. The lowest BCUT2D eigenvalue weighted by atomic mass is 10.3. The van der Waals surface area contributed by atoms with Gasteiger partial charge in [-0.1, -0.05) is 9.64 Å². The van der Waals surface area contributed by atoms with Crippen molar-refractivity contribution in [2.24, 2.45) is 10.9 Å². The van der Waals surface area contributed by atoms with E-state index in [-0.39, 0.29) is 11.7 Å². The van der Waals surface area contributed by atoms with Gasteiger partial charge in [-0.3, -0.25) is 4.79 Å². The quantitative estimate of drug-likeness (QED) is 0.212. The highest BCUT2D eigenvalue weighted by Gasteiger charge is 2.06. The first-order chi connectivity index (χ1) is 7.24. The molecule has 1 amide bonds. The van der Waals surface area contributed by atoms with E-state index in [1.807, 2.05) is 0 Å². The van der Waals surface area contributed by atoms with Crippen LogP contribution >= 0.6 is 11.5 Å². The van der Waals surface area contributed by atoms with Crippen molar-refractivity contribution in [1.82, 2.24) is 14.9 Å². The van der Waals surface area contributed by atoms with Crippen molar-refractivity contribution >= 4 is 23.3 Å². The standard InChI is InChI=1S/C7H11N5O2S/c8-6(11-14)2-1-3-9-7(13)5-4-10-12-15-5/h4,14H,1-3H2,(H2,8,11)(H,9,13). The van der Waals surface area contributed by atoms with Crippen LogP contribution in [0.1, 0.15) is 22.5 Å². The van der Waals surface area contributed by atoms with E-state index >= 15 is 0 Å². The van der Waals surface area contributed by atoms with E-state index in [1.165, 1.54) is 6.20 Å². The minimum Gasteiger partial charge on any atom is -0.409 e. The van der Waals surface area contributed by atoms with Crippen molar-refractivity contribution in [3.05, 3.63) is 11.1 Å². The number of amidine groups is 1. The van der Waals surface area contributed by atoms with E-state index in [0.717, 1.165) is 11.5 Å². The zero-order valence-corrected chi connectivity index (χ0v) is 8.70. The zero-order chi connectivity index (χ0) is 11.1. The van der Waals surface area contributed by atoms with Gasteiger partial charge in [0.1, 0.15) is 10.7 Å². The lowest BCUT2D eigenvalue weighted by Gasteiger charge is -2.01. The number of rotatable bonds is 5. The van der Waals surface area contributed by atoms with Crippen LogP contribution < -0.4 is 11.1 Å². The molecule has 8 heteroatoms. The molecule has 0 unspecified atom stereocenters.